The largest absolute Gasteiger partial charge is 0.355 e. The average molecular weight is 556 g/mol. The van der Waals surface area contributed by atoms with Crippen LogP contribution in [0, 0.1) is 13.8 Å². The SMILES string of the molecule is CCNC(=O)C(CC)N(Cc1ccc(Cl)cc1)C(=O)CN(c1cccc(C)c1C)S(=O)(=O)c1ccccc1. The van der Waals surface area contributed by atoms with Crippen LogP contribution in [0.5, 0.6) is 0 Å². The van der Waals surface area contributed by atoms with Crippen LogP contribution in [0.15, 0.2) is 77.7 Å². The zero-order chi connectivity index (χ0) is 27.9. The summed E-state index contributed by atoms with van der Waals surface area (Å²) in [4.78, 5) is 28.5. The van der Waals surface area contributed by atoms with Gasteiger partial charge >= 0.3 is 0 Å². The van der Waals surface area contributed by atoms with Crippen molar-refractivity contribution >= 4 is 39.1 Å². The van der Waals surface area contributed by atoms with Gasteiger partial charge in [0.15, 0.2) is 0 Å². The van der Waals surface area contributed by atoms with Gasteiger partial charge in [0.25, 0.3) is 10.0 Å². The Balaban J connectivity index is 2.09. The highest BCUT2D eigenvalue weighted by Crippen LogP contribution is 2.29. The summed E-state index contributed by atoms with van der Waals surface area (Å²) in [6.07, 6.45) is 0.361. The van der Waals surface area contributed by atoms with Crippen molar-refractivity contribution in [3.8, 4) is 0 Å². The molecular formula is C29H34ClN3O4S. The van der Waals surface area contributed by atoms with Crippen LogP contribution >= 0.6 is 11.6 Å². The quantitative estimate of drug-likeness (QED) is 0.357. The summed E-state index contributed by atoms with van der Waals surface area (Å²) >= 11 is 6.05. The fourth-order valence-electron chi connectivity index (χ4n) is 4.24. The van der Waals surface area contributed by atoms with Crippen molar-refractivity contribution in [3.05, 3.63) is 94.5 Å². The van der Waals surface area contributed by atoms with Crippen LogP contribution < -0.4 is 9.62 Å². The first-order valence-electron chi connectivity index (χ1n) is 12.6. The van der Waals surface area contributed by atoms with Gasteiger partial charge in [-0.1, -0.05) is 61.0 Å². The molecule has 0 aromatic heterocycles. The molecule has 7 nitrogen and oxygen atoms in total. The predicted molar refractivity (Wildman–Crippen MR) is 152 cm³/mol. The number of sulfonamides is 1. The monoisotopic (exact) mass is 555 g/mol. The van der Waals surface area contributed by atoms with Gasteiger partial charge in [0.05, 0.1) is 10.6 Å². The molecule has 1 unspecified atom stereocenters. The lowest BCUT2D eigenvalue weighted by atomic mass is 10.1. The van der Waals surface area contributed by atoms with E-state index in [4.69, 9.17) is 11.6 Å². The van der Waals surface area contributed by atoms with E-state index in [-0.39, 0.29) is 17.3 Å². The number of carbonyl (C=O) groups is 2. The van der Waals surface area contributed by atoms with Gasteiger partial charge in [0, 0.05) is 18.1 Å². The number of halogens is 1. The normalized spacial score (nSPS) is 12.0. The van der Waals surface area contributed by atoms with Crippen molar-refractivity contribution in [1.29, 1.82) is 0 Å². The molecule has 0 aliphatic carbocycles. The molecule has 0 radical (unpaired) electrons. The van der Waals surface area contributed by atoms with Crippen LogP contribution in [0.25, 0.3) is 0 Å². The van der Waals surface area contributed by atoms with Crippen molar-refractivity contribution in [2.45, 2.75) is 51.6 Å². The Bertz CT molecular complexity index is 1360. The molecule has 2 amide bonds. The molecular weight excluding hydrogens is 522 g/mol. The minimum atomic E-state index is -4.10. The Morgan fingerprint density at radius 1 is 0.921 bits per heavy atom. The Kier molecular flexibility index (Phi) is 9.94. The van der Waals surface area contributed by atoms with Crippen LogP contribution in [0.3, 0.4) is 0 Å². The van der Waals surface area contributed by atoms with Gasteiger partial charge in [-0.25, -0.2) is 8.42 Å². The molecule has 0 aliphatic heterocycles. The van der Waals surface area contributed by atoms with E-state index < -0.39 is 28.5 Å². The highest BCUT2D eigenvalue weighted by Gasteiger charge is 2.34. The summed E-state index contributed by atoms with van der Waals surface area (Å²) < 4.78 is 28.9. The highest BCUT2D eigenvalue weighted by molar-refractivity contribution is 7.92. The molecule has 3 aromatic carbocycles. The van der Waals surface area contributed by atoms with Crippen molar-refractivity contribution in [2.75, 3.05) is 17.4 Å². The maximum atomic E-state index is 14.0. The van der Waals surface area contributed by atoms with Gasteiger partial charge in [-0.3, -0.25) is 13.9 Å². The predicted octanol–water partition coefficient (Wildman–Crippen LogP) is 5.10. The second-order valence-corrected chi connectivity index (χ2v) is 11.3. The fraction of sp³-hybridized carbons (Fsp3) is 0.310. The lowest BCUT2D eigenvalue weighted by Gasteiger charge is -2.33. The second-order valence-electron chi connectivity index (χ2n) is 9.01. The van der Waals surface area contributed by atoms with Gasteiger partial charge in [-0.05, 0) is 74.2 Å². The van der Waals surface area contributed by atoms with E-state index in [1.165, 1.54) is 17.0 Å². The lowest BCUT2D eigenvalue weighted by Crippen LogP contribution is -2.52. The van der Waals surface area contributed by atoms with Gasteiger partial charge in [-0.15, -0.1) is 0 Å². The number of amides is 2. The third-order valence-electron chi connectivity index (χ3n) is 6.46. The zero-order valence-electron chi connectivity index (χ0n) is 22.1. The van der Waals surface area contributed by atoms with Crippen molar-refractivity contribution in [3.63, 3.8) is 0 Å². The highest BCUT2D eigenvalue weighted by atomic mass is 35.5. The molecule has 0 saturated carbocycles. The average Bonchev–Trinajstić information content (AvgIpc) is 2.90. The lowest BCUT2D eigenvalue weighted by molar-refractivity contribution is -0.140. The van der Waals surface area contributed by atoms with Crippen molar-refractivity contribution in [2.24, 2.45) is 0 Å². The molecule has 9 heteroatoms. The first-order chi connectivity index (χ1) is 18.1. The summed E-state index contributed by atoms with van der Waals surface area (Å²) in [7, 11) is -4.10. The Labute approximate surface area is 230 Å². The fourth-order valence-corrected chi connectivity index (χ4v) is 5.86. The van der Waals surface area contributed by atoms with Crippen LogP contribution in [0.1, 0.15) is 37.0 Å². The van der Waals surface area contributed by atoms with E-state index in [0.717, 1.165) is 21.0 Å². The third-order valence-corrected chi connectivity index (χ3v) is 8.48. The maximum absolute atomic E-state index is 14.0. The summed E-state index contributed by atoms with van der Waals surface area (Å²) in [5.74, 6) is -0.778. The van der Waals surface area contributed by atoms with E-state index in [9.17, 15) is 18.0 Å². The van der Waals surface area contributed by atoms with Crippen molar-refractivity contribution in [1.82, 2.24) is 10.2 Å². The minimum absolute atomic E-state index is 0.0775. The number of hydrogen-bond acceptors (Lipinski definition) is 4. The van der Waals surface area contributed by atoms with Gasteiger partial charge in [0.1, 0.15) is 12.6 Å². The van der Waals surface area contributed by atoms with Crippen LogP contribution in [0.4, 0.5) is 5.69 Å². The third kappa shape index (κ3) is 6.74. The molecule has 3 rings (SSSR count). The molecule has 1 atom stereocenters. The smallest absolute Gasteiger partial charge is 0.264 e. The van der Waals surface area contributed by atoms with Gasteiger partial charge < -0.3 is 10.2 Å². The molecule has 202 valence electrons. The zero-order valence-corrected chi connectivity index (χ0v) is 23.7. The first kappa shape index (κ1) is 29.2. The summed E-state index contributed by atoms with van der Waals surface area (Å²) in [5.41, 5.74) is 2.84. The Morgan fingerprint density at radius 2 is 1.58 bits per heavy atom. The number of carbonyl (C=O) groups excluding carboxylic acids is 2. The van der Waals surface area contributed by atoms with E-state index in [2.05, 4.69) is 5.32 Å². The molecule has 38 heavy (non-hydrogen) atoms. The number of benzene rings is 3. The van der Waals surface area contributed by atoms with Gasteiger partial charge in [0.2, 0.25) is 11.8 Å². The molecule has 1 N–H and O–H groups in total. The summed E-state index contributed by atoms with van der Waals surface area (Å²) in [6.45, 7) is 7.43. The minimum Gasteiger partial charge on any atom is -0.355 e. The number of rotatable bonds is 11. The molecule has 0 heterocycles. The van der Waals surface area contributed by atoms with E-state index in [1.807, 2.05) is 33.8 Å². The van der Waals surface area contributed by atoms with Crippen molar-refractivity contribution < 1.29 is 18.0 Å². The molecule has 0 saturated heterocycles. The number of anilines is 1. The van der Waals surface area contributed by atoms with Crippen LogP contribution in [-0.2, 0) is 26.2 Å². The summed E-state index contributed by atoms with van der Waals surface area (Å²) in [5, 5.41) is 3.35. The van der Waals surface area contributed by atoms with Crippen LogP contribution in [-0.4, -0.2) is 44.3 Å². The Hall–Kier alpha value is -3.36. The first-order valence-corrected chi connectivity index (χ1v) is 14.4. The number of nitrogens with zero attached hydrogens (tertiary/aromatic N) is 2. The van der Waals surface area contributed by atoms with Crippen LogP contribution in [0.2, 0.25) is 5.02 Å². The number of nitrogens with one attached hydrogen (secondary N) is 1. The van der Waals surface area contributed by atoms with E-state index >= 15 is 0 Å². The molecule has 0 fully saturated rings. The van der Waals surface area contributed by atoms with E-state index in [0.29, 0.717) is 23.7 Å². The molecule has 0 spiro atoms. The van der Waals surface area contributed by atoms with Gasteiger partial charge in [-0.2, -0.15) is 0 Å². The summed E-state index contributed by atoms with van der Waals surface area (Å²) in [6, 6.07) is 19.6. The van der Waals surface area contributed by atoms with E-state index in [1.54, 1.807) is 54.6 Å². The molecule has 3 aromatic rings. The maximum Gasteiger partial charge on any atom is 0.264 e. The topological polar surface area (TPSA) is 86.8 Å². The standard InChI is InChI=1S/C29H34ClN3O4S/c1-5-26(29(35)31-6-2)32(19-23-15-17-24(30)18-16-23)28(34)20-33(27-14-10-11-21(3)22(27)4)38(36,37)25-12-8-7-9-13-25/h7-18,26H,5-6,19-20H2,1-4H3,(H,31,35). The number of aryl methyl sites for hydroxylation is 1. The molecule has 0 bridgehead atoms. The number of hydrogen-bond donors (Lipinski definition) is 1. The number of likely N-dealkylation sites (N-methyl/N-ethyl adjacent to an activating group) is 1. The second kappa shape index (κ2) is 12.9. The Morgan fingerprint density at radius 3 is 2.18 bits per heavy atom. The molecule has 0 aliphatic rings.